The smallest absolute Gasteiger partial charge is 0.224 e. The third kappa shape index (κ3) is 3.44. The molecule has 0 fully saturated rings. The van der Waals surface area contributed by atoms with Crippen molar-refractivity contribution in [1.82, 2.24) is 34.9 Å². The summed E-state index contributed by atoms with van der Waals surface area (Å²) in [5.41, 5.74) is 1.30. The number of rotatable bonds is 5. The molecular weight excluding hydrogens is 314 g/mol. The van der Waals surface area contributed by atoms with Crippen molar-refractivity contribution in [1.29, 1.82) is 0 Å². The van der Waals surface area contributed by atoms with E-state index >= 15 is 0 Å². The summed E-state index contributed by atoms with van der Waals surface area (Å²) in [6.07, 6.45) is 0.127. The molecule has 130 valence electrons. The Hall–Kier alpha value is -2.33. The Kier molecular flexibility index (Phi) is 4.86. The maximum Gasteiger partial charge on any atom is 0.224 e. The monoisotopic (exact) mass is 335 g/mol. The third-order valence-electron chi connectivity index (χ3n) is 4.15. The molecule has 0 radical (unpaired) electrons. The molecule has 2 aromatic heterocycles. The lowest BCUT2D eigenvalue weighted by molar-refractivity contribution is -0.132. The highest BCUT2D eigenvalue weighted by Gasteiger charge is 2.22. The number of aliphatic hydroxyl groups is 2. The fourth-order valence-corrected chi connectivity index (χ4v) is 2.77. The van der Waals surface area contributed by atoms with Gasteiger partial charge in [0.25, 0.3) is 0 Å². The summed E-state index contributed by atoms with van der Waals surface area (Å²) in [5.74, 6) is 0.711. The maximum absolute atomic E-state index is 12.5. The summed E-state index contributed by atoms with van der Waals surface area (Å²) in [7, 11) is 0. The number of aliphatic hydroxyl groups excluding tert-OH is 2. The number of hydrogen-bond acceptors (Lipinski definition) is 7. The fourth-order valence-electron chi connectivity index (χ4n) is 2.77. The van der Waals surface area contributed by atoms with E-state index in [9.17, 15) is 9.90 Å². The first-order chi connectivity index (χ1) is 11.6. The highest BCUT2D eigenvalue weighted by Crippen LogP contribution is 2.18. The van der Waals surface area contributed by atoms with Gasteiger partial charge >= 0.3 is 0 Å². The van der Waals surface area contributed by atoms with Gasteiger partial charge in [0.2, 0.25) is 5.91 Å². The molecule has 10 heteroatoms. The lowest BCUT2D eigenvalue weighted by Gasteiger charge is -2.20. The van der Waals surface area contributed by atoms with Crippen molar-refractivity contribution in [2.75, 3.05) is 13.2 Å². The lowest BCUT2D eigenvalue weighted by Crippen LogP contribution is -2.31. The van der Waals surface area contributed by atoms with Crippen molar-refractivity contribution in [3.63, 3.8) is 0 Å². The van der Waals surface area contributed by atoms with Crippen LogP contribution < -0.4 is 0 Å². The minimum Gasteiger partial charge on any atom is -0.393 e. The van der Waals surface area contributed by atoms with Crippen LogP contribution in [0.4, 0.5) is 0 Å². The molecule has 3 rings (SSSR count). The van der Waals surface area contributed by atoms with E-state index in [1.54, 1.807) is 27.3 Å². The second kappa shape index (κ2) is 7.05. The summed E-state index contributed by atoms with van der Waals surface area (Å²) in [5, 5.41) is 34.3. The summed E-state index contributed by atoms with van der Waals surface area (Å²) < 4.78 is 3.41. The van der Waals surface area contributed by atoms with E-state index in [1.807, 2.05) is 0 Å². The van der Waals surface area contributed by atoms with Crippen LogP contribution in [0.2, 0.25) is 0 Å². The predicted molar refractivity (Wildman–Crippen MR) is 81.5 cm³/mol. The molecule has 2 N–H and O–H groups in total. The number of nitrogens with zero attached hydrogens (tertiary/aromatic N) is 7. The number of amides is 1. The Morgan fingerprint density at radius 2 is 2.25 bits per heavy atom. The van der Waals surface area contributed by atoms with E-state index in [0.29, 0.717) is 44.1 Å². The average Bonchev–Trinajstić information content (AvgIpc) is 3.12. The van der Waals surface area contributed by atoms with Crippen molar-refractivity contribution in [3.8, 4) is 0 Å². The molecule has 1 atom stereocenters. The molecule has 1 aliphatic heterocycles. The summed E-state index contributed by atoms with van der Waals surface area (Å²) >= 11 is 0. The van der Waals surface area contributed by atoms with Crippen LogP contribution in [0.15, 0.2) is 6.07 Å². The molecule has 0 saturated heterocycles. The number of aromatic nitrogens is 6. The molecule has 0 spiro atoms. The first kappa shape index (κ1) is 16.5. The van der Waals surface area contributed by atoms with Gasteiger partial charge in [-0.3, -0.25) is 9.48 Å². The van der Waals surface area contributed by atoms with E-state index in [-0.39, 0.29) is 12.5 Å². The topological polar surface area (TPSA) is 122 Å². The van der Waals surface area contributed by atoms with Crippen molar-refractivity contribution in [3.05, 3.63) is 23.3 Å². The number of aryl methyl sites for hydroxylation is 3. The highest BCUT2D eigenvalue weighted by atomic mass is 16.3. The van der Waals surface area contributed by atoms with Crippen molar-refractivity contribution in [2.24, 2.45) is 0 Å². The van der Waals surface area contributed by atoms with E-state index < -0.39 is 6.10 Å². The number of tetrazole rings is 1. The van der Waals surface area contributed by atoms with Crippen LogP contribution in [0.5, 0.6) is 0 Å². The minimum atomic E-state index is -0.989. The fraction of sp³-hybridized carbons (Fsp3) is 0.643. The highest BCUT2D eigenvalue weighted by molar-refractivity contribution is 5.76. The zero-order valence-electron chi connectivity index (χ0n) is 13.5. The van der Waals surface area contributed by atoms with Crippen LogP contribution in [0.3, 0.4) is 0 Å². The summed E-state index contributed by atoms with van der Waals surface area (Å²) in [4.78, 5) is 14.3. The zero-order valence-corrected chi connectivity index (χ0v) is 13.5. The molecule has 1 aliphatic rings. The normalized spacial score (nSPS) is 15.9. The molecule has 0 unspecified atom stereocenters. The Morgan fingerprint density at radius 3 is 2.96 bits per heavy atom. The van der Waals surface area contributed by atoms with Gasteiger partial charge in [-0.1, -0.05) is 0 Å². The number of hydrogen-bond donors (Lipinski definition) is 2. The van der Waals surface area contributed by atoms with Gasteiger partial charge in [-0.2, -0.15) is 5.10 Å². The van der Waals surface area contributed by atoms with Crippen molar-refractivity contribution >= 4 is 5.91 Å². The van der Waals surface area contributed by atoms with E-state index in [1.165, 1.54) is 0 Å². The molecule has 0 bridgehead atoms. The quantitative estimate of drug-likeness (QED) is 0.720. The Morgan fingerprint density at radius 1 is 1.42 bits per heavy atom. The first-order valence-corrected chi connectivity index (χ1v) is 7.94. The van der Waals surface area contributed by atoms with Crippen LogP contribution in [0.1, 0.15) is 36.2 Å². The average molecular weight is 335 g/mol. The number of carbonyl (C=O) groups excluding carboxylic acids is 1. The van der Waals surface area contributed by atoms with Gasteiger partial charge in [0.05, 0.1) is 31.1 Å². The first-order valence-electron chi connectivity index (χ1n) is 7.94. The Labute approximate surface area is 138 Å². The van der Waals surface area contributed by atoms with Crippen LogP contribution in [0.25, 0.3) is 0 Å². The van der Waals surface area contributed by atoms with Gasteiger partial charge in [-0.25, -0.2) is 4.68 Å². The Balaban J connectivity index is 1.65. The van der Waals surface area contributed by atoms with Crippen LogP contribution in [-0.4, -0.2) is 64.2 Å². The van der Waals surface area contributed by atoms with Crippen molar-refractivity contribution in [2.45, 2.75) is 45.5 Å². The summed E-state index contributed by atoms with van der Waals surface area (Å²) in [6, 6.07) is 1.75. The molecule has 0 aromatic carbocycles. The standard InChI is InChI=1S/C14H21N7O3/c1-10-15-17-18-20(10)6-3-14(24)19-4-2-5-21-11(8-19)7-12(16-21)13(23)9-22/h7,13,22-23H,2-6,8-9H2,1H3/t13-/m0/s1. The number of fused-ring (bicyclic) bond motifs is 1. The van der Waals surface area contributed by atoms with Gasteiger partial charge in [-0.05, 0) is 29.8 Å². The summed E-state index contributed by atoms with van der Waals surface area (Å²) in [6.45, 7) is 3.66. The van der Waals surface area contributed by atoms with Crippen molar-refractivity contribution < 1.29 is 15.0 Å². The molecule has 2 aromatic rings. The van der Waals surface area contributed by atoms with Gasteiger partial charge in [0.15, 0.2) is 0 Å². The molecule has 1 amide bonds. The zero-order chi connectivity index (χ0) is 17.1. The van der Waals surface area contributed by atoms with E-state index in [0.717, 1.165) is 12.1 Å². The number of carbonyl (C=O) groups is 1. The van der Waals surface area contributed by atoms with E-state index in [2.05, 4.69) is 20.6 Å². The lowest BCUT2D eigenvalue weighted by atomic mass is 10.2. The molecule has 0 aliphatic carbocycles. The maximum atomic E-state index is 12.5. The molecule has 10 nitrogen and oxygen atoms in total. The largest absolute Gasteiger partial charge is 0.393 e. The third-order valence-corrected chi connectivity index (χ3v) is 4.15. The second-order valence-electron chi connectivity index (χ2n) is 5.85. The predicted octanol–water partition coefficient (Wildman–Crippen LogP) is -0.974. The van der Waals surface area contributed by atoms with Gasteiger partial charge in [0.1, 0.15) is 11.9 Å². The van der Waals surface area contributed by atoms with E-state index in [4.69, 9.17) is 5.11 Å². The molecule has 3 heterocycles. The molecule has 24 heavy (non-hydrogen) atoms. The van der Waals surface area contributed by atoms with Gasteiger partial charge in [0, 0.05) is 19.5 Å². The van der Waals surface area contributed by atoms with Gasteiger partial charge < -0.3 is 15.1 Å². The van der Waals surface area contributed by atoms with Crippen LogP contribution in [0, 0.1) is 6.92 Å². The van der Waals surface area contributed by atoms with Crippen LogP contribution in [-0.2, 0) is 24.4 Å². The van der Waals surface area contributed by atoms with Crippen LogP contribution >= 0.6 is 0 Å². The SMILES string of the molecule is Cc1nnnn1CCC(=O)N1CCCn2nc([C@@H](O)CO)cc2C1. The molecular formula is C14H21N7O3. The van der Waals surface area contributed by atoms with Gasteiger partial charge in [-0.15, -0.1) is 5.10 Å². The Bertz CT molecular complexity index is 711. The second-order valence-corrected chi connectivity index (χ2v) is 5.85. The minimum absolute atomic E-state index is 0.0313. The molecule has 0 saturated carbocycles.